The minimum atomic E-state index is 0.394. The second-order valence-corrected chi connectivity index (χ2v) is 5.64. The van der Waals surface area contributed by atoms with Crippen molar-refractivity contribution in [2.24, 2.45) is 0 Å². The largest absolute Gasteiger partial charge is 0.312 e. The summed E-state index contributed by atoms with van der Waals surface area (Å²) >= 11 is 0. The van der Waals surface area contributed by atoms with Gasteiger partial charge in [0.25, 0.3) is 0 Å². The van der Waals surface area contributed by atoms with E-state index in [0.717, 1.165) is 0 Å². The van der Waals surface area contributed by atoms with Gasteiger partial charge in [-0.25, -0.2) is 0 Å². The maximum atomic E-state index is 3.74. The molecule has 0 saturated carbocycles. The first-order valence-electron chi connectivity index (χ1n) is 7.07. The first kappa shape index (κ1) is 12.6. The van der Waals surface area contributed by atoms with Crippen LogP contribution in [-0.4, -0.2) is 12.1 Å². The van der Waals surface area contributed by atoms with Gasteiger partial charge in [-0.1, -0.05) is 43.2 Å². The Bertz CT molecular complexity index is 310. The molecule has 0 aliphatic carbocycles. The van der Waals surface area contributed by atoms with E-state index in [1.165, 1.54) is 57.1 Å². The SMILES string of the molecule is CC1(CCCc2ccccc2)CCCCCN1. The standard InChI is InChI=1S/C16H25N/c1-16(12-6-3-7-14-17-16)13-8-11-15-9-4-2-5-10-15/h2,4-5,9-10,17H,3,6-8,11-14H2,1H3. The summed E-state index contributed by atoms with van der Waals surface area (Å²) < 4.78 is 0. The van der Waals surface area contributed by atoms with Crippen molar-refractivity contribution in [2.75, 3.05) is 6.54 Å². The Balaban J connectivity index is 1.77. The monoisotopic (exact) mass is 231 g/mol. The van der Waals surface area contributed by atoms with E-state index in [1.54, 1.807) is 0 Å². The molecule has 1 atom stereocenters. The third-order valence-electron chi connectivity index (χ3n) is 3.99. The Morgan fingerprint density at radius 1 is 1.12 bits per heavy atom. The Hall–Kier alpha value is -0.820. The van der Waals surface area contributed by atoms with Gasteiger partial charge in [-0.15, -0.1) is 0 Å². The first-order chi connectivity index (χ1) is 8.29. The molecule has 1 nitrogen and oxygen atoms in total. The smallest absolute Gasteiger partial charge is 0.0153 e. The van der Waals surface area contributed by atoms with Crippen molar-refractivity contribution in [2.45, 2.75) is 57.4 Å². The van der Waals surface area contributed by atoms with Gasteiger partial charge in [-0.2, -0.15) is 0 Å². The van der Waals surface area contributed by atoms with Gasteiger partial charge in [0.1, 0.15) is 0 Å². The lowest BCUT2D eigenvalue weighted by atomic mass is 9.89. The molecule has 1 heteroatoms. The van der Waals surface area contributed by atoms with Crippen LogP contribution < -0.4 is 5.32 Å². The van der Waals surface area contributed by atoms with Crippen molar-refractivity contribution in [3.8, 4) is 0 Å². The maximum absolute atomic E-state index is 3.74. The van der Waals surface area contributed by atoms with Gasteiger partial charge in [0.05, 0.1) is 0 Å². The molecule has 1 unspecified atom stereocenters. The fourth-order valence-corrected chi connectivity index (χ4v) is 2.84. The summed E-state index contributed by atoms with van der Waals surface area (Å²) in [4.78, 5) is 0. The molecule has 0 aromatic heterocycles. The second kappa shape index (κ2) is 6.20. The maximum Gasteiger partial charge on any atom is 0.0153 e. The number of nitrogens with one attached hydrogen (secondary N) is 1. The molecule has 0 amide bonds. The van der Waals surface area contributed by atoms with Crippen LogP contribution in [0, 0.1) is 0 Å². The summed E-state index contributed by atoms with van der Waals surface area (Å²) in [6, 6.07) is 10.9. The lowest BCUT2D eigenvalue weighted by molar-refractivity contribution is 0.316. The van der Waals surface area contributed by atoms with Gasteiger partial charge in [0.15, 0.2) is 0 Å². The summed E-state index contributed by atoms with van der Waals surface area (Å²) in [7, 11) is 0. The van der Waals surface area contributed by atoms with E-state index < -0.39 is 0 Å². The van der Waals surface area contributed by atoms with Crippen LogP contribution in [0.5, 0.6) is 0 Å². The third-order valence-corrected chi connectivity index (χ3v) is 3.99. The highest BCUT2D eigenvalue weighted by Crippen LogP contribution is 2.24. The molecule has 17 heavy (non-hydrogen) atoms. The quantitative estimate of drug-likeness (QED) is 0.828. The topological polar surface area (TPSA) is 12.0 Å². The average molecular weight is 231 g/mol. The van der Waals surface area contributed by atoms with Gasteiger partial charge in [0.2, 0.25) is 0 Å². The van der Waals surface area contributed by atoms with Gasteiger partial charge in [-0.3, -0.25) is 0 Å². The van der Waals surface area contributed by atoms with Gasteiger partial charge in [0, 0.05) is 5.54 Å². The minimum absolute atomic E-state index is 0.394. The fourth-order valence-electron chi connectivity index (χ4n) is 2.84. The normalized spacial score (nSPS) is 25.5. The van der Waals surface area contributed by atoms with Crippen LogP contribution >= 0.6 is 0 Å². The van der Waals surface area contributed by atoms with Gasteiger partial charge in [-0.05, 0) is 51.1 Å². The van der Waals surface area contributed by atoms with E-state index in [9.17, 15) is 0 Å². The molecule has 1 aromatic rings. The highest BCUT2D eigenvalue weighted by atomic mass is 15.0. The van der Waals surface area contributed by atoms with Crippen molar-refractivity contribution in [1.82, 2.24) is 5.32 Å². The van der Waals surface area contributed by atoms with Crippen molar-refractivity contribution in [3.05, 3.63) is 35.9 Å². The summed E-state index contributed by atoms with van der Waals surface area (Å²) in [5.74, 6) is 0. The van der Waals surface area contributed by atoms with Crippen molar-refractivity contribution in [3.63, 3.8) is 0 Å². The molecule has 1 N–H and O–H groups in total. The summed E-state index contributed by atoms with van der Waals surface area (Å²) in [5.41, 5.74) is 1.87. The van der Waals surface area contributed by atoms with E-state index in [4.69, 9.17) is 0 Å². The Morgan fingerprint density at radius 2 is 1.94 bits per heavy atom. The van der Waals surface area contributed by atoms with E-state index in [2.05, 4.69) is 42.6 Å². The van der Waals surface area contributed by atoms with Gasteiger partial charge >= 0.3 is 0 Å². The Labute approximate surface area is 106 Å². The zero-order chi connectivity index (χ0) is 12.0. The summed E-state index contributed by atoms with van der Waals surface area (Å²) in [6.07, 6.45) is 9.33. The van der Waals surface area contributed by atoms with E-state index in [0.29, 0.717) is 5.54 Å². The molecule has 0 bridgehead atoms. The van der Waals surface area contributed by atoms with Crippen LogP contribution in [0.1, 0.15) is 51.0 Å². The molecule has 1 aliphatic rings. The van der Waals surface area contributed by atoms with E-state index in [1.807, 2.05) is 0 Å². The molecule has 0 radical (unpaired) electrons. The predicted octanol–water partition coefficient (Wildman–Crippen LogP) is 3.93. The molecule has 2 rings (SSSR count). The highest BCUT2D eigenvalue weighted by molar-refractivity contribution is 5.14. The third kappa shape index (κ3) is 4.16. The first-order valence-corrected chi connectivity index (χ1v) is 7.07. The molecular formula is C16H25N. The number of hydrogen-bond donors (Lipinski definition) is 1. The van der Waals surface area contributed by atoms with Crippen LogP contribution in [0.3, 0.4) is 0 Å². The molecule has 1 heterocycles. The van der Waals surface area contributed by atoms with E-state index in [-0.39, 0.29) is 0 Å². The molecule has 1 saturated heterocycles. The average Bonchev–Trinajstić information content (AvgIpc) is 2.56. The van der Waals surface area contributed by atoms with Crippen molar-refractivity contribution < 1.29 is 0 Å². The van der Waals surface area contributed by atoms with Crippen molar-refractivity contribution in [1.29, 1.82) is 0 Å². The highest BCUT2D eigenvalue weighted by Gasteiger charge is 2.23. The molecule has 1 aliphatic heterocycles. The minimum Gasteiger partial charge on any atom is -0.312 e. The van der Waals surface area contributed by atoms with Crippen molar-refractivity contribution >= 4 is 0 Å². The second-order valence-electron chi connectivity index (χ2n) is 5.64. The Morgan fingerprint density at radius 3 is 2.76 bits per heavy atom. The van der Waals surface area contributed by atoms with Crippen LogP contribution in [0.2, 0.25) is 0 Å². The summed E-state index contributed by atoms with van der Waals surface area (Å²) in [6.45, 7) is 3.62. The predicted molar refractivity (Wildman–Crippen MR) is 74.3 cm³/mol. The molecule has 0 spiro atoms. The molecule has 1 fully saturated rings. The number of rotatable bonds is 4. The zero-order valence-corrected chi connectivity index (χ0v) is 11.0. The number of hydrogen-bond acceptors (Lipinski definition) is 1. The van der Waals surface area contributed by atoms with Crippen LogP contribution in [0.15, 0.2) is 30.3 Å². The lowest BCUT2D eigenvalue weighted by Crippen LogP contribution is -2.41. The molecule has 1 aromatic carbocycles. The van der Waals surface area contributed by atoms with Gasteiger partial charge < -0.3 is 5.32 Å². The zero-order valence-electron chi connectivity index (χ0n) is 11.0. The number of benzene rings is 1. The number of aryl methyl sites for hydroxylation is 1. The van der Waals surface area contributed by atoms with Crippen LogP contribution in [0.4, 0.5) is 0 Å². The molecule has 94 valence electrons. The Kier molecular flexibility index (Phi) is 4.61. The lowest BCUT2D eigenvalue weighted by Gasteiger charge is -2.29. The summed E-state index contributed by atoms with van der Waals surface area (Å²) in [5, 5.41) is 3.74. The van der Waals surface area contributed by atoms with Crippen LogP contribution in [0.25, 0.3) is 0 Å². The fraction of sp³-hybridized carbons (Fsp3) is 0.625. The van der Waals surface area contributed by atoms with E-state index >= 15 is 0 Å². The van der Waals surface area contributed by atoms with Crippen LogP contribution in [-0.2, 0) is 6.42 Å². The molecular weight excluding hydrogens is 206 g/mol.